The van der Waals surface area contributed by atoms with E-state index in [2.05, 4.69) is 9.97 Å². The topological polar surface area (TPSA) is 61.4 Å². The molecule has 0 aromatic carbocycles. The van der Waals surface area contributed by atoms with Crippen molar-refractivity contribution in [2.75, 3.05) is 0 Å². The Morgan fingerprint density at radius 3 is 2.95 bits per heavy atom. The second kappa shape index (κ2) is 4.56. The highest BCUT2D eigenvalue weighted by Gasteiger charge is 2.09. The average molecular weight is 256 g/mol. The minimum Gasteiger partial charge on any atom is -0.456 e. The van der Waals surface area contributed by atoms with Crippen LogP contribution in [0.15, 0.2) is 43.4 Å². The standard InChI is InChI=1S/C13H12N4O2/c1-16-8-14-6-12(16)7-19-13(18)10-2-3-17-9-15-5-11(17)4-10/h2-6,8-9H,7H2,1H3. The molecule has 0 spiro atoms. The van der Waals surface area contributed by atoms with Crippen molar-refractivity contribution in [2.24, 2.45) is 7.05 Å². The van der Waals surface area contributed by atoms with Crippen LogP contribution >= 0.6 is 0 Å². The Morgan fingerprint density at radius 2 is 2.16 bits per heavy atom. The van der Waals surface area contributed by atoms with Crippen LogP contribution in [0.1, 0.15) is 16.1 Å². The summed E-state index contributed by atoms with van der Waals surface area (Å²) in [5, 5.41) is 0. The summed E-state index contributed by atoms with van der Waals surface area (Å²) in [6.07, 6.45) is 8.50. The second-order valence-electron chi connectivity index (χ2n) is 4.21. The van der Waals surface area contributed by atoms with E-state index in [0.717, 1.165) is 11.2 Å². The molecule has 0 bridgehead atoms. The molecule has 0 aliphatic carbocycles. The second-order valence-corrected chi connectivity index (χ2v) is 4.21. The van der Waals surface area contributed by atoms with Crippen LogP contribution in [0.2, 0.25) is 0 Å². The molecule has 0 N–H and O–H groups in total. The molecule has 0 aliphatic heterocycles. The Balaban J connectivity index is 1.74. The van der Waals surface area contributed by atoms with E-state index in [0.29, 0.717) is 5.56 Å². The van der Waals surface area contributed by atoms with Gasteiger partial charge in [0.25, 0.3) is 0 Å². The quantitative estimate of drug-likeness (QED) is 0.665. The van der Waals surface area contributed by atoms with Crippen LogP contribution in [0.5, 0.6) is 0 Å². The summed E-state index contributed by atoms with van der Waals surface area (Å²) in [4.78, 5) is 19.9. The number of hydrogen-bond donors (Lipinski definition) is 0. The fourth-order valence-electron chi connectivity index (χ4n) is 1.79. The maximum absolute atomic E-state index is 11.9. The number of ether oxygens (including phenoxy) is 1. The molecule has 3 aromatic heterocycles. The van der Waals surface area contributed by atoms with Crippen LogP contribution < -0.4 is 0 Å². The molecule has 0 saturated carbocycles. The molecule has 3 heterocycles. The van der Waals surface area contributed by atoms with Gasteiger partial charge in [-0.05, 0) is 12.1 Å². The van der Waals surface area contributed by atoms with Gasteiger partial charge in [-0.1, -0.05) is 0 Å². The van der Waals surface area contributed by atoms with Crippen molar-refractivity contribution < 1.29 is 9.53 Å². The van der Waals surface area contributed by atoms with Gasteiger partial charge in [0, 0.05) is 13.2 Å². The molecular weight excluding hydrogens is 244 g/mol. The predicted octanol–water partition coefficient (Wildman–Crippen LogP) is 1.42. The van der Waals surface area contributed by atoms with E-state index in [-0.39, 0.29) is 12.6 Å². The molecule has 0 radical (unpaired) electrons. The van der Waals surface area contributed by atoms with Gasteiger partial charge in [-0.3, -0.25) is 0 Å². The third-order valence-corrected chi connectivity index (χ3v) is 2.92. The molecule has 19 heavy (non-hydrogen) atoms. The van der Waals surface area contributed by atoms with Crippen LogP contribution in [-0.4, -0.2) is 24.9 Å². The fraction of sp³-hybridized carbons (Fsp3) is 0.154. The lowest BCUT2D eigenvalue weighted by Gasteiger charge is -2.05. The summed E-state index contributed by atoms with van der Waals surface area (Å²) in [5.41, 5.74) is 2.21. The number of esters is 1. The first-order chi connectivity index (χ1) is 9.24. The molecule has 0 atom stereocenters. The Hall–Kier alpha value is -2.63. The third kappa shape index (κ3) is 2.20. The molecule has 0 amide bonds. The zero-order chi connectivity index (χ0) is 13.2. The van der Waals surface area contributed by atoms with E-state index >= 15 is 0 Å². The molecular formula is C13H12N4O2. The SMILES string of the molecule is Cn1cncc1COC(=O)c1ccn2cncc2c1. The minimum atomic E-state index is -0.357. The summed E-state index contributed by atoms with van der Waals surface area (Å²) in [6.45, 7) is 0.208. The van der Waals surface area contributed by atoms with Crippen molar-refractivity contribution in [1.29, 1.82) is 0 Å². The Morgan fingerprint density at radius 1 is 1.32 bits per heavy atom. The van der Waals surface area contributed by atoms with E-state index in [4.69, 9.17) is 4.74 Å². The lowest BCUT2D eigenvalue weighted by Crippen LogP contribution is -2.07. The third-order valence-electron chi connectivity index (χ3n) is 2.92. The molecule has 0 unspecified atom stereocenters. The number of pyridine rings is 1. The van der Waals surface area contributed by atoms with Crippen LogP contribution in [-0.2, 0) is 18.4 Å². The lowest BCUT2D eigenvalue weighted by atomic mass is 10.2. The first-order valence-electron chi connectivity index (χ1n) is 5.78. The summed E-state index contributed by atoms with van der Waals surface area (Å²) in [6, 6.07) is 3.46. The highest BCUT2D eigenvalue weighted by atomic mass is 16.5. The number of hydrogen-bond acceptors (Lipinski definition) is 4. The Kier molecular flexibility index (Phi) is 2.75. The minimum absolute atomic E-state index is 0.208. The normalized spacial score (nSPS) is 10.8. The van der Waals surface area contributed by atoms with Crippen molar-refractivity contribution in [1.82, 2.24) is 18.9 Å². The monoisotopic (exact) mass is 256 g/mol. The average Bonchev–Trinajstić information content (AvgIpc) is 3.03. The zero-order valence-corrected chi connectivity index (χ0v) is 10.4. The van der Waals surface area contributed by atoms with Crippen molar-refractivity contribution in [3.63, 3.8) is 0 Å². The van der Waals surface area contributed by atoms with Crippen LogP contribution in [0.3, 0.4) is 0 Å². The number of fused-ring (bicyclic) bond motifs is 1. The van der Waals surface area contributed by atoms with Gasteiger partial charge in [0.05, 0.1) is 41.8 Å². The van der Waals surface area contributed by atoms with Gasteiger partial charge in [-0.25, -0.2) is 14.8 Å². The van der Waals surface area contributed by atoms with Gasteiger partial charge in [-0.2, -0.15) is 0 Å². The van der Waals surface area contributed by atoms with Crippen LogP contribution in [0.4, 0.5) is 0 Å². The Labute approximate surface area is 109 Å². The van der Waals surface area contributed by atoms with E-state index < -0.39 is 0 Å². The number of carbonyl (C=O) groups is 1. The molecule has 96 valence electrons. The summed E-state index contributed by atoms with van der Waals surface area (Å²) in [7, 11) is 1.86. The highest BCUT2D eigenvalue weighted by molar-refractivity contribution is 5.90. The van der Waals surface area contributed by atoms with Crippen LogP contribution in [0, 0.1) is 0 Å². The summed E-state index contributed by atoms with van der Waals surface area (Å²) in [5.74, 6) is -0.357. The maximum Gasteiger partial charge on any atom is 0.338 e. The van der Waals surface area contributed by atoms with Gasteiger partial charge in [0.15, 0.2) is 0 Å². The van der Waals surface area contributed by atoms with Crippen molar-refractivity contribution in [3.8, 4) is 0 Å². The molecule has 3 rings (SSSR count). The van der Waals surface area contributed by atoms with E-state index in [1.165, 1.54) is 0 Å². The van der Waals surface area contributed by atoms with Crippen LogP contribution in [0.25, 0.3) is 5.52 Å². The van der Waals surface area contributed by atoms with Gasteiger partial charge in [0.1, 0.15) is 6.61 Å². The molecule has 0 fully saturated rings. The van der Waals surface area contributed by atoms with Crippen molar-refractivity contribution >= 4 is 11.5 Å². The zero-order valence-electron chi connectivity index (χ0n) is 10.4. The van der Waals surface area contributed by atoms with Gasteiger partial charge >= 0.3 is 5.97 Å². The number of imidazole rings is 2. The summed E-state index contributed by atoms with van der Waals surface area (Å²) >= 11 is 0. The van der Waals surface area contributed by atoms with Gasteiger partial charge in [-0.15, -0.1) is 0 Å². The number of aromatic nitrogens is 4. The number of nitrogens with zero attached hydrogens (tertiary/aromatic N) is 4. The molecule has 0 aliphatic rings. The van der Waals surface area contributed by atoms with E-state index in [1.807, 2.05) is 16.0 Å². The van der Waals surface area contributed by atoms with Crippen molar-refractivity contribution in [2.45, 2.75) is 6.61 Å². The first kappa shape index (κ1) is 11.5. The first-order valence-corrected chi connectivity index (χ1v) is 5.78. The molecule has 6 nitrogen and oxygen atoms in total. The van der Waals surface area contributed by atoms with Gasteiger partial charge in [0.2, 0.25) is 0 Å². The van der Waals surface area contributed by atoms with E-state index in [9.17, 15) is 4.79 Å². The van der Waals surface area contributed by atoms with Crippen molar-refractivity contribution in [3.05, 3.63) is 54.6 Å². The fourth-order valence-corrected chi connectivity index (χ4v) is 1.79. The molecule has 3 aromatic rings. The smallest absolute Gasteiger partial charge is 0.338 e. The maximum atomic E-state index is 11.9. The number of aryl methyl sites for hydroxylation is 1. The molecule has 0 saturated heterocycles. The van der Waals surface area contributed by atoms with E-state index in [1.54, 1.807) is 43.4 Å². The lowest BCUT2D eigenvalue weighted by molar-refractivity contribution is 0.0464. The predicted molar refractivity (Wildman–Crippen MR) is 67.5 cm³/mol. The Bertz CT molecular complexity index is 729. The highest BCUT2D eigenvalue weighted by Crippen LogP contribution is 2.09. The largest absolute Gasteiger partial charge is 0.456 e. The number of rotatable bonds is 3. The number of carbonyl (C=O) groups excluding carboxylic acids is 1. The van der Waals surface area contributed by atoms with Gasteiger partial charge < -0.3 is 13.7 Å². The summed E-state index contributed by atoms with van der Waals surface area (Å²) < 4.78 is 8.89. The molecule has 6 heteroatoms.